The minimum Gasteiger partial charge on any atom is -0.504 e. The van der Waals surface area contributed by atoms with Crippen LogP contribution in [0.3, 0.4) is 0 Å². The summed E-state index contributed by atoms with van der Waals surface area (Å²) < 4.78 is 1.71. The Balaban J connectivity index is 2.52. The summed E-state index contributed by atoms with van der Waals surface area (Å²) in [4.78, 5) is 0. The molecule has 0 saturated heterocycles. The first-order chi connectivity index (χ1) is 10.8. The summed E-state index contributed by atoms with van der Waals surface area (Å²) in [7, 11) is -1.38. The lowest BCUT2D eigenvalue weighted by Gasteiger charge is -2.16. The average molecular weight is 325 g/mol. The van der Waals surface area contributed by atoms with Gasteiger partial charge in [-0.1, -0.05) is 49.1 Å². The average Bonchev–Trinajstić information content (AvgIpc) is 2.88. The fourth-order valence-electron chi connectivity index (χ4n) is 2.50. The first-order valence-corrected chi connectivity index (χ1v) is 11.3. The van der Waals surface area contributed by atoms with E-state index in [0.29, 0.717) is 12.2 Å². The Hall–Kier alpha value is -2.32. The maximum Gasteiger partial charge on any atom is 0.159 e. The first kappa shape index (κ1) is 17.0. The quantitative estimate of drug-likeness (QED) is 0.529. The summed E-state index contributed by atoms with van der Waals surface area (Å²) >= 11 is 0. The lowest BCUT2D eigenvalue weighted by molar-refractivity contribution is 0.497. The van der Waals surface area contributed by atoms with E-state index >= 15 is 0 Å². The number of benzene rings is 1. The molecule has 0 radical (unpaired) electrons. The molecule has 120 valence electrons. The lowest BCUT2D eigenvalue weighted by Crippen LogP contribution is -2.37. The van der Waals surface area contributed by atoms with Gasteiger partial charge in [0.15, 0.2) is 5.76 Å². The number of allylic oxidation sites excluding steroid dienone is 1. The van der Waals surface area contributed by atoms with Gasteiger partial charge in [-0.15, -0.1) is 0 Å². The number of aromatic nitrogens is 2. The van der Waals surface area contributed by atoms with Gasteiger partial charge in [0.05, 0.1) is 13.8 Å². The van der Waals surface area contributed by atoms with Gasteiger partial charge < -0.3 is 5.11 Å². The fraction of sp³-hybridized carbons (Fsp3) is 0.333. The highest BCUT2D eigenvalue weighted by molar-refractivity contribution is 6.88. The van der Waals surface area contributed by atoms with Crippen molar-refractivity contribution in [2.45, 2.75) is 40.0 Å². The number of nitrogens with zero attached hydrogens (tertiary/aromatic N) is 3. The van der Waals surface area contributed by atoms with Crippen molar-refractivity contribution in [3.63, 3.8) is 0 Å². The third-order valence-electron chi connectivity index (χ3n) is 3.83. The van der Waals surface area contributed by atoms with Crippen molar-refractivity contribution in [1.29, 1.82) is 5.26 Å². The van der Waals surface area contributed by atoms with Crippen molar-refractivity contribution in [3.8, 4) is 6.07 Å². The Bertz CT molecular complexity index is 774. The van der Waals surface area contributed by atoms with Gasteiger partial charge in [-0.05, 0) is 25.5 Å². The van der Waals surface area contributed by atoms with E-state index in [1.807, 2.05) is 26.0 Å². The van der Waals surface area contributed by atoms with Crippen molar-refractivity contribution < 1.29 is 5.11 Å². The van der Waals surface area contributed by atoms with Crippen molar-refractivity contribution in [2.24, 2.45) is 0 Å². The van der Waals surface area contributed by atoms with E-state index in [0.717, 1.165) is 11.3 Å². The summed E-state index contributed by atoms with van der Waals surface area (Å²) in [5.74, 6) is -0.0179. The van der Waals surface area contributed by atoms with E-state index in [2.05, 4.69) is 42.9 Å². The Labute approximate surface area is 138 Å². The van der Waals surface area contributed by atoms with Gasteiger partial charge in [-0.25, -0.2) is 0 Å². The van der Waals surface area contributed by atoms with Crippen LogP contribution in [0.25, 0.3) is 11.3 Å². The number of aryl methyl sites for hydroxylation is 2. The van der Waals surface area contributed by atoms with Crippen molar-refractivity contribution >= 4 is 24.6 Å². The predicted molar refractivity (Wildman–Crippen MR) is 97.1 cm³/mol. The molecule has 0 amide bonds. The van der Waals surface area contributed by atoms with Gasteiger partial charge in [0.1, 0.15) is 17.3 Å². The van der Waals surface area contributed by atoms with E-state index in [4.69, 9.17) is 0 Å². The number of rotatable bonds is 4. The van der Waals surface area contributed by atoms with Gasteiger partial charge in [-0.2, -0.15) is 10.4 Å². The Kier molecular flexibility index (Phi) is 4.76. The maximum absolute atomic E-state index is 10.6. The normalized spacial score (nSPS) is 12.7. The molecule has 0 spiro atoms. The van der Waals surface area contributed by atoms with Crippen molar-refractivity contribution in [2.75, 3.05) is 0 Å². The zero-order valence-electron chi connectivity index (χ0n) is 14.4. The van der Waals surface area contributed by atoms with E-state index in [9.17, 15) is 10.4 Å². The fourth-order valence-corrected chi connectivity index (χ4v) is 3.66. The van der Waals surface area contributed by atoms with Crippen molar-refractivity contribution in [1.82, 2.24) is 9.78 Å². The molecule has 2 rings (SSSR count). The Morgan fingerprint density at radius 1 is 1.26 bits per heavy atom. The third kappa shape index (κ3) is 3.54. The van der Waals surface area contributed by atoms with Crippen LogP contribution in [-0.2, 0) is 6.54 Å². The summed E-state index contributed by atoms with van der Waals surface area (Å²) in [6.45, 7) is 11.3. The maximum atomic E-state index is 10.6. The Morgan fingerprint density at radius 2 is 1.87 bits per heavy atom. The number of hydrogen-bond donors (Lipinski definition) is 1. The second kappa shape index (κ2) is 6.43. The molecular formula is C18H23N3OSi. The molecule has 1 N–H and O–H groups in total. The van der Waals surface area contributed by atoms with Gasteiger partial charge in [0.25, 0.3) is 0 Å². The molecule has 1 aromatic carbocycles. The predicted octanol–water partition coefficient (Wildman–Crippen LogP) is 3.71. The second-order valence-corrected chi connectivity index (χ2v) is 11.7. The molecule has 0 fully saturated rings. The molecule has 0 aliphatic heterocycles. The van der Waals surface area contributed by atoms with Crippen LogP contribution in [0.2, 0.25) is 19.6 Å². The molecule has 23 heavy (non-hydrogen) atoms. The highest BCUT2D eigenvalue weighted by Gasteiger charge is 2.18. The summed E-state index contributed by atoms with van der Waals surface area (Å²) in [5.41, 5.74) is 2.41. The monoisotopic (exact) mass is 325 g/mol. The largest absolute Gasteiger partial charge is 0.504 e. The molecular weight excluding hydrogens is 302 g/mol. The van der Waals surface area contributed by atoms with Gasteiger partial charge >= 0.3 is 0 Å². The highest BCUT2D eigenvalue weighted by atomic mass is 28.3. The number of aliphatic hydroxyl groups excluding tert-OH is 1. The molecule has 0 atom stereocenters. The molecule has 0 saturated carbocycles. The molecule has 0 aliphatic rings. The SMILES string of the molecule is CCn1nc(C)cc1/C(O)=C(/C#N)c1ccc([Si](C)(C)C)cc1. The van der Waals surface area contributed by atoms with Crippen LogP contribution in [0.5, 0.6) is 0 Å². The van der Waals surface area contributed by atoms with Crippen LogP contribution in [0.1, 0.15) is 23.9 Å². The van der Waals surface area contributed by atoms with Crippen molar-refractivity contribution in [3.05, 3.63) is 47.3 Å². The van der Waals surface area contributed by atoms with Crippen LogP contribution in [0.15, 0.2) is 30.3 Å². The minimum atomic E-state index is -1.38. The zero-order chi connectivity index (χ0) is 17.2. The Morgan fingerprint density at radius 3 is 2.35 bits per heavy atom. The topological polar surface area (TPSA) is 61.8 Å². The number of nitriles is 1. The molecule has 4 nitrogen and oxygen atoms in total. The van der Waals surface area contributed by atoms with Gasteiger partial charge in [0, 0.05) is 6.54 Å². The van der Waals surface area contributed by atoms with Gasteiger partial charge in [-0.3, -0.25) is 4.68 Å². The van der Waals surface area contributed by atoms with Crippen LogP contribution in [0.4, 0.5) is 0 Å². The smallest absolute Gasteiger partial charge is 0.159 e. The number of aliphatic hydroxyl groups is 1. The molecule has 1 heterocycles. The van der Waals surface area contributed by atoms with Crippen LogP contribution in [-0.4, -0.2) is 23.0 Å². The second-order valence-electron chi connectivity index (χ2n) is 6.65. The highest BCUT2D eigenvalue weighted by Crippen LogP contribution is 2.24. The van der Waals surface area contributed by atoms with Crippen LogP contribution >= 0.6 is 0 Å². The number of hydrogen-bond acceptors (Lipinski definition) is 3. The molecule has 0 bridgehead atoms. The van der Waals surface area contributed by atoms with Crippen LogP contribution in [0, 0.1) is 18.3 Å². The van der Waals surface area contributed by atoms with Gasteiger partial charge in [0.2, 0.25) is 0 Å². The molecule has 1 aromatic heterocycles. The summed E-state index contributed by atoms with van der Waals surface area (Å²) in [5, 5.41) is 25.8. The molecule has 2 aromatic rings. The van der Waals surface area contributed by atoms with E-state index < -0.39 is 8.07 Å². The lowest BCUT2D eigenvalue weighted by atomic mass is 10.0. The third-order valence-corrected chi connectivity index (χ3v) is 5.90. The zero-order valence-corrected chi connectivity index (χ0v) is 15.4. The summed E-state index contributed by atoms with van der Waals surface area (Å²) in [6, 6.07) is 11.9. The van der Waals surface area contributed by atoms with Crippen LogP contribution < -0.4 is 5.19 Å². The minimum absolute atomic E-state index is 0.0179. The summed E-state index contributed by atoms with van der Waals surface area (Å²) in [6.07, 6.45) is 0. The molecule has 0 unspecified atom stereocenters. The van der Waals surface area contributed by atoms with E-state index in [1.54, 1.807) is 10.7 Å². The van der Waals surface area contributed by atoms with E-state index in [1.165, 1.54) is 5.19 Å². The molecule has 0 aliphatic carbocycles. The standard InChI is InChI=1S/C18H23N3OSi/c1-6-21-17(11-13(2)20-21)18(22)16(12-19)14-7-9-15(10-8-14)23(3,4)5/h7-11,22H,6H2,1-5H3/b18-16+. The van der Waals surface area contributed by atoms with E-state index in [-0.39, 0.29) is 11.3 Å². The first-order valence-electron chi connectivity index (χ1n) is 7.77. The molecule has 5 heteroatoms.